The van der Waals surface area contributed by atoms with E-state index in [1.807, 2.05) is 0 Å². The van der Waals surface area contributed by atoms with Crippen LogP contribution in [0.3, 0.4) is 0 Å². The van der Waals surface area contributed by atoms with E-state index in [0.29, 0.717) is 51.4 Å². The van der Waals surface area contributed by atoms with E-state index in [-0.39, 0.29) is 58.0 Å². The summed E-state index contributed by atoms with van der Waals surface area (Å²) in [5.41, 5.74) is 0.633. The number of piperazine rings is 1. The predicted octanol–water partition coefficient (Wildman–Crippen LogP) is 1.14. The number of furan rings is 1. The van der Waals surface area contributed by atoms with E-state index in [1.165, 1.54) is 18.2 Å². The first-order chi connectivity index (χ1) is 22.6. The number of rotatable bonds is 7. The first-order valence-electron chi connectivity index (χ1n) is 15.2. The topological polar surface area (TPSA) is 166 Å². The van der Waals surface area contributed by atoms with E-state index in [2.05, 4.69) is 20.4 Å². The quantitative estimate of drug-likeness (QED) is 0.280. The molecule has 2 aromatic carbocycles. The molecule has 7 rings (SSSR count). The van der Waals surface area contributed by atoms with Crippen LogP contribution >= 0.6 is 0 Å². The lowest BCUT2D eigenvalue weighted by atomic mass is 9.89. The molecule has 1 unspecified atom stereocenters. The van der Waals surface area contributed by atoms with Crippen LogP contribution in [0.15, 0.2) is 46.9 Å². The van der Waals surface area contributed by atoms with Crippen LogP contribution in [0.5, 0.6) is 0 Å². The molecule has 0 radical (unpaired) electrons. The average Bonchev–Trinajstić information content (AvgIpc) is 3.61. The number of nitrogens with zero attached hydrogens (tertiary/aromatic N) is 3. The summed E-state index contributed by atoms with van der Waals surface area (Å²) in [6.07, 6.45) is -0.0396. The van der Waals surface area contributed by atoms with Gasteiger partial charge in [-0.25, -0.2) is 4.39 Å². The minimum absolute atomic E-state index is 0.0133. The summed E-state index contributed by atoms with van der Waals surface area (Å²) in [7, 11) is 0. The van der Waals surface area contributed by atoms with Crippen molar-refractivity contribution in [2.24, 2.45) is 0 Å². The summed E-state index contributed by atoms with van der Waals surface area (Å²) in [4.78, 5) is 93.2. The number of piperidine rings is 1. The summed E-state index contributed by atoms with van der Waals surface area (Å²) in [6.45, 7) is 3.71. The highest BCUT2D eigenvalue weighted by Crippen LogP contribution is 2.32. The molecule has 4 heterocycles. The molecule has 47 heavy (non-hydrogen) atoms. The largest absolute Gasteiger partial charge is 0.447 e. The van der Waals surface area contributed by atoms with E-state index < -0.39 is 47.2 Å². The van der Waals surface area contributed by atoms with Crippen LogP contribution in [-0.2, 0) is 16.1 Å². The fraction of sp³-hybridized carbons (Fsp3) is 0.303. The minimum Gasteiger partial charge on any atom is -0.447 e. The fourth-order valence-corrected chi connectivity index (χ4v) is 6.52. The average molecular weight is 642 g/mol. The van der Waals surface area contributed by atoms with Crippen molar-refractivity contribution in [3.8, 4) is 0 Å². The number of amides is 5. The van der Waals surface area contributed by atoms with Crippen LogP contribution in [0.4, 0.5) is 4.39 Å². The maximum atomic E-state index is 15.1. The fourth-order valence-electron chi connectivity index (χ4n) is 6.52. The zero-order valence-electron chi connectivity index (χ0n) is 25.0. The van der Waals surface area contributed by atoms with Gasteiger partial charge < -0.3 is 9.73 Å². The Morgan fingerprint density at radius 1 is 0.872 bits per heavy atom. The summed E-state index contributed by atoms with van der Waals surface area (Å²) < 4.78 is 20.6. The zero-order valence-corrected chi connectivity index (χ0v) is 25.0. The predicted molar refractivity (Wildman–Crippen MR) is 159 cm³/mol. The second kappa shape index (κ2) is 11.8. The molecule has 1 aliphatic carbocycles. The highest BCUT2D eigenvalue weighted by atomic mass is 19.1. The van der Waals surface area contributed by atoms with Gasteiger partial charge in [0.15, 0.2) is 17.3 Å². The molecular weight excluding hydrogens is 613 g/mol. The van der Waals surface area contributed by atoms with Crippen LogP contribution in [-0.4, -0.2) is 101 Å². The first-order valence-corrected chi connectivity index (χ1v) is 15.2. The van der Waals surface area contributed by atoms with Crippen LogP contribution in [0.1, 0.15) is 81.7 Å². The van der Waals surface area contributed by atoms with Crippen molar-refractivity contribution >= 4 is 41.1 Å². The molecule has 0 saturated carbocycles. The summed E-state index contributed by atoms with van der Waals surface area (Å²) in [6, 6.07) is 9.28. The van der Waals surface area contributed by atoms with Crippen LogP contribution in [0.25, 0.3) is 0 Å². The molecule has 0 bridgehead atoms. The molecule has 0 spiro atoms. The van der Waals surface area contributed by atoms with E-state index in [4.69, 9.17) is 4.42 Å². The number of nitrogens with one attached hydrogen (secondary N) is 2. The molecule has 14 heteroatoms. The van der Waals surface area contributed by atoms with Gasteiger partial charge in [0.25, 0.3) is 17.7 Å². The van der Waals surface area contributed by atoms with Crippen LogP contribution in [0.2, 0.25) is 0 Å². The standard InChI is InChI=1S/C33H28FN5O8/c34-22-14-17(13-20-26(22)33(46)39(32(20)45)23-5-6-25(40)36-30(23)43)16-38-11-9-37(10-12-38)8-7-35-31(44)24-15-21-27(41)18-3-1-2-4-19(18)28(42)29(21)47-24/h1-4,13-15,23H,5-12,16H2,(H,35,44)(H,36,40,43). The molecule has 2 fully saturated rings. The highest BCUT2D eigenvalue weighted by Gasteiger charge is 2.46. The Hall–Kier alpha value is -5.34. The number of benzene rings is 2. The molecule has 5 amide bonds. The van der Waals surface area contributed by atoms with Gasteiger partial charge in [0, 0.05) is 69.4 Å². The maximum absolute atomic E-state index is 15.1. The monoisotopic (exact) mass is 641 g/mol. The SMILES string of the molecule is O=C1CCC(N2C(=O)c3cc(CN4CCN(CCNC(=O)c5cc6c(o5)C(=O)c5ccccc5C6=O)CC4)cc(F)c3C2=O)C(=O)N1. The second-order valence-corrected chi connectivity index (χ2v) is 11.9. The number of hydrogen-bond acceptors (Lipinski definition) is 10. The second-order valence-electron chi connectivity index (χ2n) is 11.9. The van der Waals surface area contributed by atoms with Crippen molar-refractivity contribution < 1.29 is 42.4 Å². The van der Waals surface area contributed by atoms with Crippen molar-refractivity contribution in [3.63, 3.8) is 0 Å². The smallest absolute Gasteiger partial charge is 0.287 e. The third-order valence-electron chi connectivity index (χ3n) is 8.96. The summed E-state index contributed by atoms with van der Waals surface area (Å²) in [5, 5.41) is 4.89. The van der Waals surface area contributed by atoms with E-state index in [9.17, 15) is 33.6 Å². The van der Waals surface area contributed by atoms with Crippen LogP contribution < -0.4 is 10.6 Å². The number of hydrogen-bond donors (Lipinski definition) is 2. The molecule has 3 aliphatic heterocycles. The maximum Gasteiger partial charge on any atom is 0.287 e. The zero-order chi connectivity index (χ0) is 33.0. The number of fused-ring (bicyclic) bond motifs is 3. The van der Waals surface area contributed by atoms with Gasteiger partial charge in [-0.3, -0.25) is 53.6 Å². The molecule has 2 saturated heterocycles. The van der Waals surface area contributed by atoms with Gasteiger partial charge in [-0.15, -0.1) is 0 Å². The van der Waals surface area contributed by atoms with Crippen molar-refractivity contribution in [3.05, 3.63) is 93.2 Å². The summed E-state index contributed by atoms with van der Waals surface area (Å²) in [5.74, 6) is -5.32. The normalized spacial score (nSPS) is 19.9. The van der Waals surface area contributed by atoms with Gasteiger partial charge in [-0.05, 0) is 24.1 Å². The van der Waals surface area contributed by atoms with Gasteiger partial charge in [0.05, 0.1) is 16.7 Å². The number of halogens is 1. The molecular formula is C33H28FN5O8. The Morgan fingerprint density at radius 2 is 1.57 bits per heavy atom. The molecule has 4 aliphatic rings. The molecule has 13 nitrogen and oxygen atoms in total. The van der Waals surface area contributed by atoms with Gasteiger partial charge in [-0.1, -0.05) is 24.3 Å². The lowest BCUT2D eigenvalue weighted by Crippen LogP contribution is -2.54. The van der Waals surface area contributed by atoms with Gasteiger partial charge in [-0.2, -0.15) is 0 Å². The number of carbonyl (C=O) groups is 7. The van der Waals surface area contributed by atoms with Gasteiger partial charge >= 0.3 is 0 Å². The first kappa shape index (κ1) is 30.3. The molecule has 240 valence electrons. The summed E-state index contributed by atoms with van der Waals surface area (Å²) >= 11 is 0. The molecule has 1 aromatic heterocycles. The Labute approximate surface area is 266 Å². The minimum atomic E-state index is -1.17. The van der Waals surface area contributed by atoms with Crippen molar-refractivity contribution in [1.82, 2.24) is 25.3 Å². The number of imide groups is 2. The third kappa shape index (κ3) is 5.34. The molecule has 2 N–H and O–H groups in total. The Bertz CT molecular complexity index is 1860. The van der Waals surface area contributed by atoms with Crippen molar-refractivity contribution in [2.75, 3.05) is 39.3 Å². The lowest BCUT2D eigenvalue weighted by molar-refractivity contribution is -0.136. The van der Waals surface area contributed by atoms with Crippen molar-refractivity contribution in [1.29, 1.82) is 0 Å². The van der Waals surface area contributed by atoms with E-state index in [0.717, 1.165) is 4.90 Å². The number of carbonyl (C=O) groups excluding carboxylic acids is 7. The van der Waals surface area contributed by atoms with Crippen molar-refractivity contribution in [2.45, 2.75) is 25.4 Å². The Kier molecular flexibility index (Phi) is 7.60. The Morgan fingerprint density at radius 3 is 2.30 bits per heavy atom. The van der Waals surface area contributed by atoms with Gasteiger partial charge in [0.2, 0.25) is 17.6 Å². The van der Waals surface area contributed by atoms with Gasteiger partial charge in [0.1, 0.15) is 11.9 Å². The molecule has 3 aromatic rings. The third-order valence-corrected chi connectivity index (χ3v) is 8.96. The lowest BCUT2D eigenvalue weighted by Gasteiger charge is -2.34. The van der Waals surface area contributed by atoms with E-state index >= 15 is 4.39 Å². The van der Waals surface area contributed by atoms with E-state index in [1.54, 1.807) is 24.3 Å². The Balaban J connectivity index is 0.912. The number of ketones is 2. The van der Waals surface area contributed by atoms with Crippen LogP contribution in [0, 0.1) is 5.82 Å². The highest BCUT2D eigenvalue weighted by molar-refractivity contribution is 6.28. The molecule has 1 atom stereocenters.